The fourth-order valence-electron chi connectivity index (χ4n) is 6.45. The highest BCUT2D eigenvalue weighted by molar-refractivity contribution is 6.22. The minimum Gasteiger partial charge on any atom is -0.247 e. The first-order valence-corrected chi connectivity index (χ1v) is 15.9. The maximum absolute atomic E-state index is 15.2. The summed E-state index contributed by atoms with van der Waals surface area (Å²) in [6.45, 7) is 0. The van der Waals surface area contributed by atoms with Crippen LogP contribution in [0.1, 0.15) is 16.7 Å². The molecule has 8 rings (SSSR count). The summed E-state index contributed by atoms with van der Waals surface area (Å²) in [4.78, 5) is 14.5. The molecule has 0 unspecified atom stereocenters. The number of halogens is 6. The Balaban J connectivity index is 1.46. The molecule has 2 aromatic heterocycles. The predicted octanol–water partition coefficient (Wildman–Crippen LogP) is 11.2. The molecule has 53 heavy (non-hydrogen) atoms. The third-order valence-corrected chi connectivity index (χ3v) is 8.96. The van der Waals surface area contributed by atoms with Gasteiger partial charge in [0.15, 0.2) is 17.5 Å². The van der Waals surface area contributed by atoms with Gasteiger partial charge in [-0.15, -0.1) is 0 Å². The van der Waals surface area contributed by atoms with Crippen LogP contribution in [-0.4, -0.2) is 15.0 Å². The van der Waals surface area contributed by atoms with Crippen molar-refractivity contribution in [1.29, 1.82) is 10.5 Å². The van der Waals surface area contributed by atoms with Gasteiger partial charge in [-0.25, -0.2) is 28.1 Å². The van der Waals surface area contributed by atoms with E-state index < -0.39 is 29.2 Å². The maximum Gasteiger partial charge on any atom is 0.417 e. The standard InChI is InChI=1S/C42H19F6N5/c43-31-17-28(18-32(44)37(31)45)24-13-15-25(16-14-24)38-36-30(42(46,47)48)19-34-41(35(36)29-3-1-2-4-33(29)51-38)53-40(27-11-7-23(21-50)8-12-27)39(52-34)26-9-5-22(20-49)6-10-26/h1-19H. The van der Waals surface area contributed by atoms with E-state index in [0.717, 1.165) is 18.2 Å². The number of hydrogen-bond acceptors (Lipinski definition) is 5. The number of aromatic nitrogens is 3. The van der Waals surface area contributed by atoms with E-state index in [4.69, 9.17) is 15.0 Å². The van der Waals surface area contributed by atoms with Crippen molar-refractivity contribution in [1.82, 2.24) is 15.0 Å². The second-order valence-electron chi connectivity index (χ2n) is 12.1. The van der Waals surface area contributed by atoms with E-state index in [-0.39, 0.29) is 44.3 Å². The van der Waals surface area contributed by atoms with Gasteiger partial charge in [-0.3, -0.25) is 0 Å². The monoisotopic (exact) mass is 707 g/mol. The van der Waals surface area contributed by atoms with Crippen LogP contribution in [0.15, 0.2) is 115 Å². The molecule has 6 aromatic carbocycles. The maximum atomic E-state index is 15.2. The number of nitrogens with zero attached hydrogens (tertiary/aromatic N) is 5. The summed E-state index contributed by atoms with van der Waals surface area (Å²) in [5, 5.41) is 19.1. The Hall–Kier alpha value is -7.11. The molecule has 8 aromatic rings. The van der Waals surface area contributed by atoms with Crippen LogP contribution in [0.2, 0.25) is 0 Å². The van der Waals surface area contributed by atoms with E-state index in [1.807, 2.05) is 0 Å². The number of nitriles is 2. The van der Waals surface area contributed by atoms with Gasteiger partial charge in [-0.2, -0.15) is 23.7 Å². The Labute approximate surface area is 296 Å². The summed E-state index contributed by atoms with van der Waals surface area (Å²) in [5.74, 6) is -4.37. The molecule has 0 atom stereocenters. The van der Waals surface area contributed by atoms with Crippen LogP contribution in [0.3, 0.4) is 0 Å². The lowest BCUT2D eigenvalue weighted by Gasteiger charge is -2.19. The minimum absolute atomic E-state index is 0.0196. The van der Waals surface area contributed by atoms with Crippen LogP contribution in [0.5, 0.6) is 0 Å². The van der Waals surface area contributed by atoms with Crippen LogP contribution >= 0.6 is 0 Å². The molecule has 0 fully saturated rings. The Bertz CT molecular complexity index is 2830. The third-order valence-electron chi connectivity index (χ3n) is 8.96. The lowest BCUT2D eigenvalue weighted by Crippen LogP contribution is -2.09. The Kier molecular flexibility index (Phi) is 7.85. The van der Waals surface area contributed by atoms with Crippen LogP contribution in [0.25, 0.3) is 77.6 Å². The molecule has 2 heterocycles. The Morgan fingerprint density at radius 2 is 0.981 bits per heavy atom. The van der Waals surface area contributed by atoms with Crippen LogP contribution in [0.4, 0.5) is 26.3 Å². The van der Waals surface area contributed by atoms with Crippen molar-refractivity contribution in [3.8, 4) is 57.0 Å². The molecule has 0 radical (unpaired) electrons. The van der Waals surface area contributed by atoms with Crippen molar-refractivity contribution in [3.63, 3.8) is 0 Å². The molecule has 0 bridgehead atoms. The first-order chi connectivity index (χ1) is 25.5. The summed E-state index contributed by atoms with van der Waals surface area (Å²) >= 11 is 0. The van der Waals surface area contributed by atoms with Crippen molar-refractivity contribution >= 4 is 32.7 Å². The second kappa shape index (κ2) is 12.6. The molecule has 5 nitrogen and oxygen atoms in total. The minimum atomic E-state index is -4.88. The van der Waals surface area contributed by atoms with Gasteiger partial charge in [-0.1, -0.05) is 66.7 Å². The number of para-hydroxylation sites is 1. The van der Waals surface area contributed by atoms with Crippen molar-refractivity contribution in [2.45, 2.75) is 6.18 Å². The van der Waals surface area contributed by atoms with Gasteiger partial charge in [0.25, 0.3) is 0 Å². The fourth-order valence-corrected chi connectivity index (χ4v) is 6.45. The van der Waals surface area contributed by atoms with Gasteiger partial charge in [0.2, 0.25) is 0 Å². The van der Waals surface area contributed by atoms with Crippen LogP contribution < -0.4 is 0 Å². The average Bonchev–Trinajstić information content (AvgIpc) is 3.18. The highest BCUT2D eigenvalue weighted by Crippen LogP contribution is 2.45. The number of rotatable bonds is 4. The molecule has 0 aliphatic carbocycles. The molecule has 254 valence electrons. The zero-order valence-corrected chi connectivity index (χ0v) is 27.0. The first kappa shape index (κ1) is 33.1. The van der Waals surface area contributed by atoms with E-state index in [1.54, 1.807) is 72.8 Å². The number of benzene rings is 6. The molecular formula is C42H19F6N5. The molecule has 11 heteroatoms. The molecule has 0 saturated heterocycles. The molecular weight excluding hydrogens is 688 g/mol. The zero-order valence-electron chi connectivity index (χ0n) is 27.0. The van der Waals surface area contributed by atoms with Gasteiger partial charge < -0.3 is 0 Å². The summed E-state index contributed by atoms with van der Waals surface area (Å²) in [5.41, 5.74) is 2.50. The van der Waals surface area contributed by atoms with E-state index in [9.17, 15) is 23.7 Å². The number of alkyl halides is 3. The largest absolute Gasteiger partial charge is 0.417 e. The Morgan fingerprint density at radius 1 is 0.491 bits per heavy atom. The molecule has 0 aliphatic rings. The van der Waals surface area contributed by atoms with Gasteiger partial charge >= 0.3 is 6.18 Å². The molecule has 0 aliphatic heterocycles. The van der Waals surface area contributed by atoms with Crippen molar-refractivity contribution in [2.24, 2.45) is 0 Å². The average molecular weight is 708 g/mol. The predicted molar refractivity (Wildman–Crippen MR) is 188 cm³/mol. The molecule has 0 N–H and O–H groups in total. The van der Waals surface area contributed by atoms with E-state index in [1.165, 1.54) is 24.3 Å². The molecule has 0 saturated carbocycles. The highest BCUT2D eigenvalue weighted by atomic mass is 19.4. The summed E-state index contributed by atoms with van der Waals surface area (Å²) < 4.78 is 87.4. The van der Waals surface area contributed by atoms with E-state index in [2.05, 4.69) is 12.1 Å². The number of pyridine rings is 1. The summed E-state index contributed by atoms with van der Waals surface area (Å²) in [6.07, 6.45) is -4.88. The van der Waals surface area contributed by atoms with Crippen molar-refractivity contribution < 1.29 is 26.3 Å². The van der Waals surface area contributed by atoms with E-state index in [0.29, 0.717) is 44.4 Å². The zero-order chi connectivity index (χ0) is 37.0. The van der Waals surface area contributed by atoms with Crippen molar-refractivity contribution in [3.05, 3.63) is 149 Å². The number of fused-ring (bicyclic) bond motifs is 5. The lowest BCUT2D eigenvalue weighted by molar-refractivity contribution is -0.136. The topological polar surface area (TPSA) is 86.2 Å². The van der Waals surface area contributed by atoms with Crippen LogP contribution in [0, 0.1) is 40.1 Å². The molecule has 0 amide bonds. The van der Waals surface area contributed by atoms with E-state index >= 15 is 13.2 Å². The quantitative estimate of drug-likeness (QED) is 0.103. The van der Waals surface area contributed by atoms with Gasteiger partial charge in [0.05, 0.1) is 62.5 Å². The van der Waals surface area contributed by atoms with Crippen molar-refractivity contribution in [2.75, 3.05) is 0 Å². The SMILES string of the molecule is N#Cc1ccc(-c2nc3cc(C(F)(F)F)c4c(-c5ccc(-c6cc(F)c(F)c(F)c6)cc5)nc5ccccc5c4c3nc2-c2ccc(C#N)cc2)cc1. The lowest BCUT2D eigenvalue weighted by atomic mass is 9.93. The van der Waals surface area contributed by atoms with Gasteiger partial charge in [0, 0.05) is 32.8 Å². The normalized spacial score (nSPS) is 11.5. The van der Waals surface area contributed by atoms with Crippen LogP contribution in [-0.2, 0) is 6.18 Å². The number of hydrogen-bond donors (Lipinski definition) is 0. The smallest absolute Gasteiger partial charge is 0.247 e. The molecule has 0 spiro atoms. The first-order valence-electron chi connectivity index (χ1n) is 15.9. The van der Waals surface area contributed by atoms with Gasteiger partial charge in [-0.05, 0) is 59.7 Å². The highest BCUT2D eigenvalue weighted by Gasteiger charge is 2.36. The second-order valence-corrected chi connectivity index (χ2v) is 12.1. The van der Waals surface area contributed by atoms with Gasteiger partial charge in [0.1, 0.15) is 0 Å². The third kappa shape index (κ3) is 5.75. The summed E-state index contributed by atoms with van der Waals surface area (Å²) in [7, 11) is 0. The fraction of sp³-hybridized carbons (Fsp3) is 0.0238. The Morgan fingerprint density at radius 3 is 1.55 bits per heavy atom. The summed E-state index contributed by atoms with van der Waals surface area (Å²) in [6, 6.07) is 32.3.